The van der Waals surface area contributed by atoms with E-state index in [0.29, 0.717) is 0 Å². The van der Waals surface area contributed by atoms with E-state index in [4.69, 9.17) is 15.9 Å². The summed E-state index contributed by atoms with van der Waals surface area (Å²) < 4.78 is 31.9. The molecule has 0 atom stereocenters. The van der Waals surface area contributed by atoms with Gasteiger partial charge in [0.1, 0.15) is 0 Å². The molecule has 0 heterocycles. The molecular formula is H6CaCrLaO4Sr. The molecule has 0 rings (SSSR count). The Bertz CT molecular complexity index is 110. The minimum atomic E-state index is -5.25. The summed E-state index contributed by atoms with van der Waals surface area (Å²) in [6, 6.07) is 0. The summed E-state index contributed by atoms with van der Waals surface area (Å²) in [5.74, 6) is 0. The van der Waals surface area contributed by atoms with E-state index in [2.05, 4.69) is 0 Å². The van der Waals surface area contributed by atoms with Crippen LogP contribution in [0.3, 0.4) is 0 Å². The summed E-state index contributed by atoms with van der Waals surface area (Å²) in [4.78, 5) is 0. The van der Waals surface area contributed by atoms with Crippen molar-refractivity contribution >= 4 is 83.2 Å². The van der Waals surface area contributed by atoms with Gasteiger partial charge in [-0.1, -0.05) is 0 Å². The van der Waals surface area contributed by atoms with Crippen molar-refractivity contribution in [1.29, 1.82) is 0 Å². The first-order valence-corrected chi connectivity index (χ1v) is 2.88. The Morgan fingerprint density at radius 3 is 1.25 bits per heavy atom. The molecule has 1 radical (unpaired) electrons. The molecule has 4 nitrogen and oxygen atoms in total. The number of hydrogen-bond donors (Lipinski definition) is 2. The average molecular weight is 389 g/mol. The van der Waals surface area contributed by atoms with Crippen LogP contribution in [0.15, 0.2) is 0 Å². The molecule has 0 aliphatic heterocycles. The standard InChI is InChI=1S/Ca.Cr.La.2H2O.2O.Sr.4H/h;;;2*1H2;;;;;;;/q2*+2;;;;;;+2;4*-1/p-2. The maximum atomic E-state index is 8.82. The van der Waals surface area contributed by atoms with Crippen LogP contribution in [0, 0.1) is 35.6 Å². The monoisotopic (exact) mass is 389 g/mol. The minimum absolute atomic E-state index is 0. The zero-order valence-electron chi connectivity index (χ0n) is 8.11. The molecule has 0 fully saturated rings. The minimum Gasteiger partial charge on any atom is 2.00 e. The van der Waals surface area contributed by atoms with Crippen LogP contribution in [0.1, 0.15) is 5.71 Å². The molecule has 0 saturated heterocycles. The second-order valence-electron chi connectivity index (χ2n) is 0.448. The normalized spacial score (nSPS) is 7.25. The second kappa shape index (κ2) is 11.0. The van der Waals surface area contributed by atoms with Crippen molar-refractivity contribution in [3.63, 3.8) is 0 Å². The topological polar surface area (TPSA) is 74.6 Å². The fourth-order valence-corrected chi connectivity index (χ4v) is 0. The van der Waals surface area contributed by atoms with Gasteiger partial charge < -0.3 is 5.71 Å². The maximum absolute atomic E-state index is 8.82. The largest absolute Gasteiger partial charge is 2.00 e. The van der Waals surface area contributed by atoms with Crippen molar-refractivity contribution in [2.45, 2.75) is 0 Å². The SMILES string of the molecule is [Ca+2].[H-].[H-].[H-].[H-].[La].[O]=[Cr](=[O])([OH])[OH].[Sr+2]. The molecule has 8 heavy (non-hydrogen) atoms. The summed E-state index contributed by atoms with van der Waals surface area (Å²) >= 11 is -5.25. The Labute approximate surface area is 150 Å². The van der Waals surface area contributed by atoms with Crippen molar-refractivity contribution in [3.8, 4) is 0 Å². The summed E-state index contributed by atoms with van der Waals surface area (Å²) in [5, 5.41) is 0. The second-order valence-corrected chi connectivity index (χ2v) is 1.85. The molecule has 43 valence electrons. The van der Waals surface area contributed by atoms with E-state index in [1.807, 2.05) is 0 Å². The summed E-state index contributed by atoms with van der Waals surface area (Å²) in [5.41, 5.74) is 0. The first-order chi connectivity index (χ1) is 2.00. The molecule has 0 unspecified atom stereocenters. The molecule has 0 spiro atoms. The number of rotatable bonds is 0. The van der Waals surface area contributed by atoms with Gasteiger partial charge in [-0.25, -0.2) is 0 Å². The van der Waals surface area contributed by atoms with E-state index in [1.165, 1.54) is 0 Å². The Morgan fingerprint density at radius 2 is 1.25 bits per heavy atom. The molecule has 0 saturated carbocycles. The molecule has 0 aromatic heterocycles. The molecule has 8 heteroatoms. The van der Waals surface area contributed by atoms with Crippen molar-refractivity contribution < 1.29 is 70.8 Å². The zero-order valence-corrected chi connectivity index (χ0v) is 14.7. The zero-order chi connectivity index (χ0) is 4.50. The van der Waals surface area contributed by atoms with Crippen LogP contribution in [0.2, 0.25) is 0 Å². The Hall–Kier alpha value is 3.99. The Balaban J connectivity index is -0.00000000381. The Kier molecular flexibility index (Phi) is 31.2. The fraction of sp³-hybridized carbons (Fsp3) is 0. The van der Waals surface area contributed by atoms with E-state index < -0.39 is 13.6 Å². The van der Waals surface area contributed by atoms with Gasteiger partial charge in [-0.05, 0) is 0 Å². The van der Waals surface area contributed by atoms with Crippen molar-refractivity contribution in [1.82, 2.24) is 0 Å². The maximum Gasteiger partial charge on any atom is 2.00 e. The van der Waals surface area contributed by atoms with E-state index in [1.54, 1.807) is 0 Å². The predicted molar refractivity (Wildman–Crippen MR) is 21.8 cm³/mol. The average Bonchev–Trinajstić information content (AvgIpc) is 0.722. The van der Waals surface area contributed by atoms with Crippen LogP contribution in [0.5, 0.6) is 0 Å². The third-order valence-electron chi connectivity index (χ3n) is 0. The predicted octanol–water partition coefficient (Wildman–Crippen LogP) is -1.67. The van der Waals surface area contributed by atoms with Crippen molar-refractivity contribution in [2.24, 2.45) is 0 Å². The molecule has 0 bridgehead atoms. The molecule has 2 N–H and O–H groups in total. The van der Waals surface area contributed by atoms with Crippen LogP contribution < -0.4 is 0 Å². The van der Waals surface area contributed by atoms with Gasteiger partial charge in [-0.15, -0.1) is 0 Å². The molecule has 0 aromatic carbocycles. The molecular weight excluding hydrogens is 383 g/mol. The van der Waals surface area contributed by atoms with E-state index in [-0.39, 0.29) is 125 Å². The fourth-order valence-electron chi connectivity index (χ4n) is 0. The van der Waals surface area contributed by atoms with Gasteiger partial charge in [0, 0.05) is 35.6 Å². The number of hydrogen-bond acceptors (Lipinski definition) is 2. The van der Waals surface area contributed by atoms with E-state index >= 15 is 0 Å². The smallest absolute Gasteiger partial charge is 2.00 e. The van der Waals surface area contributed by atoms with Crippen LogP contribution >= 0.6 is 0 Å². The first kappa shape index (κ1) is 22.7. The van der Waals surface area contributed by atoms with E-state index in [0.717, 1.165) is 0 Å². The van der Waals surface area contributed by atoms with Crippen LogP contribution in [-0.2, 0) is 21.2 Å². The summed E-state index contributed by atoms with van der Waals surface area (Å²) in [6.07, 6.45) is 0. The summed E-state index contributed by atoms with van der Waals surface area (Å²) in [6.45, 7) is 0. The van der Waals surface area contributed by atoms with Gasteiger partial charge in [0.05, 0.1) is 0 Å². The van der Waals surface area contributed by atoms with Gasteiger partial charge in [0.2, 0.25) is 0 Å². The van der Waals surface area contributed by atoms with E-state index in [9.17, 15) is 0 Å². The summed E-state index contributed by atoms with van der Waals surface area (Å²) in [7, 11) is 0. The third kappa shape index (κ3) is 50.7. The molecule has 0 amide bonds. The van der Waals surface area contributed by atoms with Gasteiger partial charge >= 0.3 is 113 Å². The van der Waals surface area contributed by atoms with Crippen molar-refractivity contribution in [3.05, 3.63) is 0 Å². The molecule has 0 aliphatic carbocycles. The molecule has 0 aromatic rings. The first-order valence-electron chi connectivity index (χ1n) is 0.698. The third-order valence-corrected chi connectivity index (χ3v) is 0. The van der Waals surface area contributed by atoms with Gasteiger partial charge in [0.15, 0.2) is 0 Å². The van der Waals surface area contributed by atoms with Crippen LogP contribution in [0.4, 0.5) is 0 Å². The van der Waals surface area contributed by atoms with Crippen LogP contribution in [-0.4, -0.2) is 91.5 Å². The molecule has 0 aliphatic rings. The Morgan fingerprint density at radius 1 is 1.25 bits per heavy atom. The quantitative estimate of drug-likeness (QED) is 0.487. The van der Waals surface area contributed by atoms with Gasteiger partial charge in [-0.3, -0.25) is 0 Å². The van der Waals surface area contributed by atoms with Gasteiger partial charge in [-0.2, -0.15) is 0 Å². The van der Waals surface area contributed by atoms with Crippen molar-refractivity contribution in [2.75, 3.05) is 0 Å². The van der Waals surface area contributed by atoms with Gasteiger partial charge in [0.25, 0.3) is 0 Å². The van der Waals surface area contributed by atoms with Crippen LogP contribution in [0.25, 0.3) is 0 Å².